The minimum Gasteiger partial charge on any atom is -0.465 e. The zero-order valence-corrected chi connectivity index (χ0v) is 12.4. The van der Waals surface area contributed by atoms with E-state index in [1.54, 1.807) is 6.07 Å². The minimum absolute atomic E-state index is 0.165. The number of hydrogen-bond donors (Lipinski definition) is 0. The van der Waals surface area contributed by atoms with E-state index in [9.17, 15) is 9.59 Å². The Balaban J connectivity index is 1.97. The Morgan fingerprint density at radius 3 is 2.27 bits per heavy atom. The fourth-order valence-corrected chi connectivity index (χ4v) is 4.26. The summed E-state index contributed by atoms with van der Waals surface area (Å²) in [5, 5.41) is 0. The summed E-state index contributed by atoms with van der Waals surface area (Å²) in [7, 11) is 2.66. The van der Waals surface area contributed by atoms with Gasteiger partial charge in [0.05, 0.1) is 25.3 Å². The summed E-state index contributed by atoms with van der Waals surface area (Å²) < 4.78 is 9.76. The van der Waals surface area contributed by atoms with Crippen LogP contribution in [-0.2, 0) is 9.47 Å². The average molecular weight is 296 g/mol. The quantitative estimate of drug-likeness (QED) is 0.622. The van der Waals surface area contributed by atoms with E-state index in [0.29, 0.717) is 23.3 Å². The maximum absolute atomic E-state index is 12.3. The number of carbonyl (C=O) groups is 2. The van der Waals surface area contributed by atoms with Crippen molar-refractivity contribution in [3.63, 3.8) is 0 Å². The van der Waals surface area contributed by atoms with E-state index in [-0.39, 0.29) is 11.5 Å². The van der Waals surface area contributed by atoms with Gasteiger partial charge in [0.15, 0.2) is 0 Å². The van der Waals surface area contributed by atoms with Gasteiger partial charge in [0.1, 0.15) is 0 Å². The second kappa shape index (κ2) is 4.57. The van der Waals surface area contributed by atoms with Crippen LogP contribution in [0.5, 0.6) is 0 Å². The van der Waals surface area contributed by atoms with E-state index >= 15 is 0 Å². The summed E-state index contributed by atoms with van der Waals surface area (Å²) >= 11 is 0. The lowest BCUT2D eigenvalue weighted by Crippen LogP contribution is -2.16. The summed E-state index contributed by atoms with van der Waals surface area (Å²) in [6, 6.07) is 3.64. The van der Waals surface area contributed by atoms with E-state index < -0.39 is 11.9 Å². The van der Waals surface area contributed by atoms with E-state index in [0.717, 1.165) is 11.1 Å². The number of ether oxygens (including phenoxy) is 2. The lowest BCUT2D eigenvalue weighted by Gasteiger charge is -2.16. The normalized spacial score (nSPS) is 29.4. The predicted octanol–water partition coefficient (Wildman–Crippen LogP) is 2.81. The third kappa shape index (κ3) is 1.52. The Labute approximate surface area is 128 Å². The zero-order chi connectivity index (χ0) is 15.4. The topological polar surface area (TPSA) is 52.6 Å². The van der Waals surface area contributed by atoms with Crippen LogP contribution in [0.2, 0.25) is 0 Å². The number of benzene rings is 1. The number of fused-ring (bicyclic) bond motifs is 3. The van der Waals surface area contributed by atoms with Crippen LogP contribution in [0.4, 0.5) is 0 Å². The van der Waals surface area contributed by atoms with Gasteiger partial charge in [0, 0.05) is 11.8 Å². The number of rotatable bonds is 2. The SMILES string of the molecule is COC(=O)c1ccc2c(c1C(=O)OC)[C@@H]1C=C[C@@H]3C=C[C@@H]2[C@@H]31. The van der Waals surface area contributed by atoms with E-state index in [1.165, 1.54) is 14.2 Å². The van der Waals surface area contributed by atoms with Gasteiger partial charge in [-0.05, 0) is 29.0 Å². The van der Waals surface area contributed by atoms with Crippen molar-refractivity contribution in [1.29, 1.82) is 0 Å². The fourth-order valence-electron chi connectivity index (χ4n) is 4.26. The summed E-state index contributed by atoms with van der Waals surface area (Å²) in [6.07, 6.45) is 8.81. The first kappa shape index (κ1) is 13.3. The highest BCUT2D eigenvalue weighted by Crippen LogP contribution is 2.59. The van der Waals surface area contributed by atoms with Crippen molar-refractivity contribution in [3.05, 3.63) is 58.7 Å². The lowest BCUT2D eigenvalue weighted by molar-refractivity contribution is 0.0554. The van der Waals surface area contributed by atoms with Crippen molar-refractivity contribution in [2.24, 2.45) is 11.8 Å². The third-order valence-electron chi connectivity index (χ3n) is 5.12. The molecule has 3 aliphatic rings. The van der Waals surface area contributed by atoms with Crippen LogP contribution in [0, 0.1) is 11.8 Å². The summed E-state index contributed by atoms with van der Waals surface area (Å²) in [5.74, 6) is 0.363. The molecule has 0 N–H and O–H groups in total. The first-order valence-corrected chi connectivity index (χ1v) is 7.37. The van der Waals surface area contributed by atoms with Crippen LogP contribution >= 0.6 is 0 Å². The maximum Gasteiger partial charge on any atom is 0.339 e. The first-order valence-electron chi connectivity index (χ1n) is 7.37. The van der Waals surface area contributed by atoms with Gasteiger partial charge in [-0.1, -0.05) is 30.4 Å². The van der Waals surface area contributed by atoms with Gasteiger partial charge in [0.2, 0.25) is 0 Å². The average Bonchev–Trinajstić information content (AvgIpc) is 3.21. The Hall–Kier alpha value is -2.36. The van der Waals surface area contributed by atoms with Crippen molar-refractivity contribution < 1.29 is 19.1 Å². The van der Waals surface area contributed by atoms with Crippen molar-refractivity contribution in [2.45, 2.75) is 11.8 Å². The number of carbonyl (C=O) groups excluding carboxylic acids is 2. The highest BCUT2D eigenvalue weighted by atomic mass is 16.5. The molecule has 4 atom stereocenters. The summed E-state index contributed by atoms with van der Waals surface area (Å²) in [4.78, 5) is 24.4. The van der Waals surface area contributed by atoms with E-state index in [2.05, 4.69) is 24.3 Å². The van der Waals surface area contributed by atoms with Gasteiger partial charge >= 0.3 is 11.9 Å². The molecule has 22 heavy (non-hydrogen) atoms. The largest absolute Gasteiger partial charge is 0.465 e. The smallest absolute Gasteiger partial charge is 0.339 e. The molecule has 0 aliphatic heterocycles. The molecule has 1 aromatic carbocycles. The molecule has 4 nitrogen and oxygen atoms in total. The van der Waals surface area contributed by atoms with Gasteiger partial charge in [-0.25, -0.2) is 9.59 Å². The Morgan fingerprint density at radius 1 is 0.909 bits per heavy atom. The molecule has 0 spiro atoms. The number of allylic oxidation sites excluding steroid dienone is 4. The Bertz CT molecular complexity index is 744. The standard InChI is InChI=1S/C18H16O4/c1-21-17(19)13-8-7-11-10-5-3-9-4-6-12(14(9)10)15(11)16(13)18(20)22-2/h3-10,12,14H,1-2H3/t9-,10-,12+,14+/m0/s1. The van der Waals surface area contributed by atoms with E-state index in [1.807, 2.05) is 6.07 Å². The number of hydrogen-bond acceptors (Lipinski definition) is 4. The molecule has 0 radical (unpaired) electrons. The number of esters is 2. The molecule has 0 unspecified atom stereocenters. The molecule has 4 heteroatoms. The van der Waals surface area contributed by atoms with E-state index in [4.69, 9.17) is 9.47 Å². The second-order valence-electron chi connectivity index (χ2n) is 5.95. The lowest BCUT2D eigenvalue weighted by atomic mass is 9.87. The molecule has 4 rings (SSSR count). The number of methoxy groups -OCH3 is 2. The highest BCUT2D eigenvalue weighted by molar-refractivity contribution is 6.05. The third-order valence-corrected chi connectivity index (χ3v) is 5.12. The van der Waals surface area contributed by atoms with Gasteiger partial charge in [-0.2, -0.15) is 0 Å². The Kier molecular flexibility index (Phi) is 2.76. The van der Waals surface area contributed by atoms with Crippen LogP contribution in [-0.4, -0.2) is 26.2 Å². The van der Waals surface area contributed by atoms with Crippen molar-refractivity contribution >= 4 is 11.9 Å². The molecular weight excluding hydrogens is 280 g/mol. The van der Waals surface area contributed by atoms with Gasteiger partial charge in [0.25, 0.3) is 0 Å². The second-order valence-corrected chi connectivity index (χ2v) is 5.95. The van der Waals surface area contributed by atoms with Gasteiger partial charge < -0.3 is 9.47 Å². The summed E-state index contributed by atoms with van der Waals surface area (Å²) in [5.41, 5.74) is 2.72. The highest BCUT2D eigenvalue weighted by Gasteiger charge is 2.49. The first-order chi connectivity index (χ1) is 10.7. The maximum atomic E-state index is 12.3. The van der Waals surface area contributed by atoms with Crippen LogP contribution in [0.25, 0.3) is 0 Å². The van der Waals surface area contributed by atoms with Crippen LogP contribution in [0.1, 0.15) is 43.7 Å². The molecule has 0 fully saturated rings. The van der Waals surface area contributed by atoms with Crippen LogP contribution < -0.4 is 0 Å². The predicted molar refractivity (Wildman–Crippen MR) is 79.9 cm³/mol. The molecule has 0 bridgehead atoms. The van der Waals surface area contributed by atoms with Gasteiger partial charge in [-0.15, -0.1) is 0 Å². The molecular formula is C18H16O4. The molecule has 0 saturated carbocycles. The molecule has 0 aromatic heterocycles. The Morgan fingerprint density at radius 2 is 1.59 bits per heavy atom. The molecule has 1 aromatic rings. The zero-order valence-electron chi connectivity index (χ0n) is 12.4. The van der Waals surface area contributed by atoms with Gasteiger partial charge in [-0.3, -0.25) is 0 Å². The molecule has 0 saturated heterocycles. The van der Waals surface area contributed by atoms with Crippen molar-refractivity contribution in [2.75, 3.05) is 14.2 Å². The van der Waals surface area contributed by atoms with Crippen molar-refractivity contribution in [1.82, 2.24) is 0 Å². The molecule has 0 amide bonds. The minimum atomic E-state index is -0.505. The van der Waals surface area contributed by atoms with Crippen LogP contribution in [0.3, 0.4) is 0 Å². The molecule has 112 valence electrons. The molecule has 3 aliphatic carbocycles. The molecule has 0 heterocycles. The van der Waals surface area contributed by atoms with Crippen LogP contribution in [0.15, 0.2) is 36.4 Å². The summed E-state index contributed by atoms with van der Waals surface area (Å²) in [6.45, 7) is 0. The van der Waals surface area contributed by atoms with Crippen molar-refractivity contribution in [3.8, 4) is 0 Å². The monoisotopic (exact) mass is 296 g/mol. The fraction of sp³-hybridized carbons (Fsp3) is 0.333.